The number of hydrogen-bond acceptors (Lipinski definition) is 3. The van der Waals surface area contributed by atoms with E-state index in [9.17, 15) is 9.59 Å². The highest BCUT2D eigenvalue weighted by molar-refractivity contribution is 5.88. The number of rotatable bonds is 7. The van der Waals surface area contributed by atoms with Crippen molar-refractivity contribution in [2.45, 2.75) is 39.2 Å². The summed E-state index contributed by atoms with van der Waals surface area (Å²) in [6.07, 6.45) is 3.15. The lowest BCUT2D eigenvalue weighted by Crippen LogP contribution is -2.51. The second kappa shape index (κ2) is 8.83. The minimum Gasteiger partial charge on any atom is -0.375 e. The van der Waals surface area contributed by atoms with E-state index in [2.05, 4.69) is 34.9 Å². The Bertz CT molecular complexity index is 571. The molecule has 0 heterocycles. The van der Waals surface area contributed by atoms with Gasteiger partial charge in [0.2, 0.25) is 11.8 Å². The third kappa shape index (κ3) is 5.06. The first-order chi connectivity index (χ1) is 11.5. The van der Waals surface area contributed by atoms with E-state index in [0.29, 0.717) is 12.5 Å². The van der Waals surface area contributed by atoms with Gasteiger partial charge >= 0.3 is 0 Å². The highest BCUT2D eigenvalue weighted by Crippen LogP contribution is 2.24. The lowest BCUT2D eigenvalue weighted by Gasteiger charge is -2.27. The third-order valence-corrected chi connectivity index (χ3v) is 4.55. The summed E-state index contributed by atoms with van der Waals surface area (Å²) in [5, 5.41) is 5.76. The zero-order valence-electron chi connectivity index (χ0n) is 14.8. The number of methoxy groups -OCH3 is 1. The van der Waals surface area contributed by atoms with Gasteiger partial charge in [-0.3, -0.25) is 9.59 Å². The molecule has 0 unspecified atom stereocenters. The van der Waals surface area contributed by atoms with Crippen LogP contribution in [0.3, 0.4) is 0 Å². The van der Waals surface area contributed by atoms with Gasteiger partial charge in [0.15, 0.2) is 0 Å². The Morgan fingerprint density at radius 2 is 1.96 bits per heavy atom. The number of nitrogens with one attached hydrogen (secondary N) is 2. The molecular weight excluding hydrogens is 304 g/mol. The Labute approximate surface area is 144 Å². The lowest BCUT2D eigenvalue weighted by atomic mass is 9.84. The molecule has 1 aromatic rings. The molecular formula is C19H28N2O3. The number of amides is 2. The molecule has 0 aromatic heterocycles. The molecule has 2 N–H and O–H groups in total. The van der Waals surface area contributed by atoms with Crippen molar-refractivity contribution < 1.29 is 14.3 Å². The van der Waals surface area contributed by atoms with Gasteiger partial charge in [0.05, 0.1) is 0 Å². The SMILES string of the molecule is COCC(=O)N[C@H](C(=O)NC[C@@H]1CCc2ccccc2C1)C(C)C. The van der Waals surface area contributed by atoms with E-state index < -0.39 is 6.04 Å². The molecule has 0 aliphatic heterocycles. The normalized spacial score (nSPS) is 17.9. The average Bonchev–Trinajstić information content (AvgIpc) is 2.57. The molecule has 0 saturated carbocycles. The minimum absolute atomic E-state index is 0.0258. The van der Waals surface area contributed by atoms with Gasteiger partial charge in [-0.15, -0.1) is 0 Å². The molecule has 0 fully saturated rings. The van der Waals surface area contributed by atoms with E-state index in [1.54, 1.807) is 0 Å². The molecule has 1 aromatic carbocycles. The van der Waals surface area contributed by atoms with Crippen LogP contribution in [0.25, 0.3) is 0 Å². The van der Waals surface area contributed by atoms with E-state index in [4.69, 9.17) is 4.74 Å². The molecule has 5 nitrogen and oxygen atoms in total. The molecule has 1 aliphatic carbocycles. The summed E-state index contributed by atoms with van der Waals surface area (Å²) in [6, 6.07) is 7.98. The van der Waals surface area contributed by atoms with Crippen LogP contribution in [0, 0.1) is 11.8 Å². The van der Waals surface area contributed by atoms with Gasteiger partial charge in [-0.05, 0) is 42.2 Å². The predicted molar refractivity (Wildman–Crippen MR) is 93.6 cm³/mol. The van der Waals surface area contributed by atoms with Crippen molar-refractivity contribution in [1.82, 2.24) is 10.6 Å². The summed E-state index contributed by atoms with van der Waals surface area (Å²) in [5.41, 5.74) is 2.81. The van der Waals surface area contributed by atoms with Crippen LogP contribution in [-0.4, -0.2) is 38.1 Å². The molecule has 2 amide bonds. The highest BCUT2D eigenvalue weighted by Gasteiger charge is 2.25. The predicted octanol–water partition coefficient (Wildman–Crippen LogP) is 1.69. The fourth-order valence-corrected chi connectivity index (χ4v) is 3.18. The van der Waals surface area contributed by atoms with Crippen LogP contribution >= 0.6 is 0 Å². The molecule has 0 radical (unpaired) electrons. The Hall–Kier alpha value is -1.88. The third-order valence-electron chi connectivity index (χ3n) is 4.55. The Morgan fingerprint density at radius 1 is 1.25 bits per heavy atom. The lowest BCUT2D eigenvalue weighted by molar-refractivity contribution is -0.132. The summed E-state index contributed by atoms with van der Waals surface area (Å²) < 4.78 is 4.81. The Morgan fingerprint density at radius 3 is 2.62 bits per heavy atom. The van der Waals surface area contributed by atoms with E-state index in [1.807, 2.05) is 13.8 Å². The Kier molecular flexibility index (Phi) is 6.79. The van der Waals surface area contributed by atoms with Gasteiger partial charge in [-0.25, -0.2) is 0 Å². The summed E-state index contributed by atoms with van der Waals surface area (Å²) in [4.78, 5) is 24.1. The summed E-state index contributed by atoms with van der Waals surface area (Å²) >= 11 is 0. The second-order valence-corrected chi connectivity index (χ2v) is 6.84. The van der Waals surface area contributed by atoms with Gasteiger partial charge < -0.3 is 15.4 Å². The number of fused-ring (bicyclic) bond motifs is 1. The number of carbonyl (C=O) groups excluding carboxylic acids is 2. The molecule has 0 spiro atoms. The van der Waals surface area contributed by atoms with Crippen LogP contribution in [0.5, 0.6) is 0 Å². The van der Waals surface area contributed by atoms with Crippen LogP contribution in [0.15, 0.2) is 24.3 Å². The van der Waals surface area contributed by atoms with Crippen molar-refractivity contribution >= 4 is 11.8 Å². The first-order valence-electron chi connectivity index (χ1n) is 8.64. The van der Waals surface area contributed by atoms with Crippen molar-refractivity contribution in [3.63, 3.8) is 0 Å². The maximum atomic E-state index is 12.4. The molecule has 0 bridgehead atoms. The van der Waals surface area contributed by atoms with Crippen LogP contribution in [0.1, 0.15) is 31.4 Å². The first-order valence-corrected chi connectivity index (χ1v) is 8.64. The van der Waals surface area contributed by atoms with E-state index >= 15 is 0 Å². The van der Waals surface area contributed by atoms with E-state index in [-0.39, 0.29) is 24.3 Å². The fourth-order valence-electron chi connectivity index (χ4n) is 3.18. The van der Waals surface area contributed by atoms with Gasteiger partial charge in [-0.1, -0.05) is 38.1 Å². The fraction of sp³-hybridized carbons (Fsp3) is 0.579. The van der Waals surface area contributed by atoms with Gasteiger partial charge in [0, 0.05) is 13.7 Å². The van der Waals surface area contributed by atoms with Gasteiger partial charge in [-0.2, -0.15) is 0 Å². The second-order valence-electron chi connectivity index (χ2n) is 6.84. The van der Waals surface area contributed by atoms with Crippen molar-refractivity contribution in [1.29, 1.82) is 0 Å². The highest BCUT2D eigenvalue weighted by atomic mass is 16.5. The molecule has 5 heteroatoms. The van der Waals surface area contributed by atoms with Crippen LogP contribution in [0.4, 0.5) is 0 Å². The topological polar surface area (TPSA) is 67.4 Å². The van der Waals surface area contributed by atoms with E-state index in [0.717, 1.165) is 19.3 Å². The average molecular weight is 332 g/mol. The first kappa shape index (κ1) is 18.5. The Balaban J connectivity index is 1.86. The summed E-state index contributed by atoms with van der Waals surface area (Å²) in [7, 11) is 1.46. The summed E-state index contributed by atoms with van der Waals surface area (Å²) in [6.45, 7) is 4.47. The van der Waals surface area contributed by atoms with Crippen molar-refractivity contribution in [2.24, 2.45) is 11.8 Å². The maximum Gasteiger partial charge on any atom is 0.246 e. The van der Waals surface area contributed by atoms with Gasteiger partial charge in [0.1, 0.15) is 12.6 Å². The quantitative estimate of drug-likeness (QED) is 0.798. The van der Waals surface area contributed by atoms with Crippen molar-refractivity contribution in [3.8, 4) is 0 Å². The monoisotopic (exact) mass is 332 g/mol. The molecule has 2 atom stereocenters. The van der Waals surface area contributed by atoms with Crippen molar-refractivity contribution in [3.05, 3.63) is 35.4 Å². The largest absolute Gasteiger partial charge is 0.375 e. The standard InChI is InChI=1S/C19H28N2O3/c1-13(2)18(21-17(22)12-24-3)19(23)20-11-14-8-9-15-6-4-5-7-16(15)10-14/h4-7,13-14,18H,8-12H2,1-3H3,(H,20,23)(H,21,22)/t14-,18+/m1/s1. The molecule has 24 heavy (non-hydrogen) atoms. The zero-order valence-corrected chi connectivity index (χ0v) is 14.8. The van der Waals surface area contributed by atoms with E-state index in [1.165, 1.54) is 18.2 Å². The van der Waals surface area contributed by atoms with Crippen LogP contribution in [0.2, 0.25) is 0 Å². The summed E-state index contributed by atoms with van der Waals surface area (Å²) in [5.74, 6) is 0.0930. The number of hydrogen-bond donors (Lipinski definition) is 2. The number of ether oxygens (including phenoxy) is 1. The smallest absolute Gasteiger partial charge is 0.246 e. The number of benzene rings is 1. The molecule has 132 valence electrons. The zero-order chi connectivity index (χ0) is 17.5. The molecule has 2 rings (SSSR count). The van der Waals surface area contributed by atoms with Crippen LogP contribution < -0.4 is 10.6 Å². The maximum absolute atomic E-state index is 12.4. The minimum atomic E-state index is -0.525. The molecule has 0 saturated heterocycles. The van der Waals surface area contributed by atoms with Crippen LogP contribution in [-0.2, 0) is 27.2 Å². The number of aryl methyl sites for hydroxylation is 1. The molecule has 1 aliphatic rings. The number of carbonyl (C=O) groups is 2. The van der Waals surface area contributed by atoms with Gasteiger partial charge in [0.25, 0.3) is 0 Å². The van der Waals surface area contributed by atoms with Crippen molar-refractivity contribution in [2.75, 3.05) is 20.3 Å².